The normalized spacial score (nSPS) is 17.8. The van der Waals surface area contributed by atoms with Crippen LogP contribution in [-0.2, 0) is 21.3 Å². The van der Waals surface area contributed by atoms with Crippen molar-refractivity contribution in [2.24, 2.45) is 5.14 Å². The number of hydrogen-bond acceptors (Lipinski definition) is 4. The van der Waals surface area contributed by atoms with E-state index in [0.717, 1.165) is 31.6 Å². The number of sulfonamides is 1. The Bertz CT molecular complexity index is 496. The van der Waals surface area contributed by atoms with Crippen LogP contribution in [0.5, 0.6) is 0 Å². The average molecular weight is 270 g/mol. The van der Waals surface area contributed by atoms with Crippen molar-refractivity contribution in [1.82, 2.24) is 5.32 Å². The molecule has 0 aromatic heterocycles. The van der Waals surface area contributed by atoms with Gasteiger partial charge in [-0.2, -0.15) is 0 Å². The second kappa shape index (κ2) is 5.79. The highest BCUT2D eigenvalue weighted by Gasteiger charge is 2.13. The lowest BCUT2D eigenvalue weighted by Crippen LogP contribution is -2.34. The molecule has 5 nitrogen and oxygen atoms in total. The number of benzene rings is 1. The van der Waals surface area contributed by atoms with Crippen molar-refractivity contribution < 1.29 is 13.2 Å². The maximum absolute atomic E-state index is 11.2. The maximum Gasteiger partial charge on any atom is 0.238 e. The zero-order valence-electron chi connectivity index (χ0n) is 10.1. The van der Waals surface area contributed by atoms with Gasteiger partial charge in [-0.25, -0.2) is 13.6 Å². The topological polar surface area (TPSA) is 81.4 Å². The summed E-state index contributed by atoms with van der Waals surface area (Å²) in [4.78, 5) is 0.161. The molecule has 0 aliphatic carbocycles. The highest BCUT2D eigenvalue weighted by molar-refractivity contribution is 7.89. The lowest BCUT2D eigenvalue weighted by Gasteiger charge is -2.23. The van der Waals surface area contributed by atoms with Gasteiger partial charge in [-0.3, -0.25) is 0 Å². The largest absolute Gasteiger partial charge is 0.381 e. The van der Waals surface area contributed by atoms with E-state index >= 15 is 0 Å². The van der Waals surface area contributed by atoms with Crippen LogP contribution in [0, 0.1) is 0 Å². The Labute approximate surface area is 107 Å². The Morgan fingerprint density at radius 3 is 2.72 bits per heavy atom. The summed E-state index contributed by atoms with van der Waals surface area (Å²) in [7, 11) is -3.62. The first-order valence-electron chi connectivity index (χ1n) is 5.98. The minimum Gasteiger partial charge on any atom is -0.381 e. The molecule has 0 unspecified atom stereocenters. The van der Waals surface area contributed by atoms with E-state index in [2.05, 4.69) is 5.32 Å². The van der Waals surface area contributed by atoms with Crippen LogP contribution >= 0.6 is 0 Å². The summed E-state index contributed by atoms with van der Waals surface area (Å²) in [5, 5.41) is 8.50. The third-order valence-corrected chi connectivity index (χ3v) is 3.95. The predicted molar refractivity (Wildman–Crippen MR) is 68.5 cm³/mol. The molecule has 1 aliphatic rings. The van der Waals surface area contributed by atoms with E-state index in [4.69, 9.17) is 9.88 Å². The van der Waals surface area contributed by atoms with Gasteiger partial charge in [0.15, 0.2) is 0 Å². The molecule has 6 heteroatoms. The first-order valence-corrected chi connectivity index (χ1v) is 7.53. The van der Waals surface area contributed by atoms with Gasteiger partial charge < -0.3 is 10.1 Å². The van der Waals surface area contributed by atoms with Gasteiger partial charge in [-0.05, 0) is 30.5 Å². The molecular formula is C12H18N2O3S. The molecule has 1 saturated heterocycles. The van der Waals surface area contributed by atoms with Crippen molar-refractivity contribution in [2.45, 2.75) is 30.3 Å². The van der Waals surface area contributed by atoms with Crippen molar-refractivity contribution in [2.75, 3.05) is 13.2 Å². The fourth-order valence-corrected chi connectivity index (χ4v) is 2.58. The minimum absolute atomic E-state index is 0.161. The standard InChI is InChI=1S/C12H18N2O3S/c13-18(15,16)12-3-1-2-10(8-12)9-14-11-4-6-17-7-5-11/h1-3,8,11,14H,4-7,9H2,(H2,13,15,16). The number of nitrogens with one attached hydrogen (secondary N) is 1. The van der Waals surface area contributed by atoms with Crippen molar-refractivity contribution in [1.29, 1.82) is 0 Å². The number of hydrogen-bond donors (Lipinski definition) is 2. The van der Waals surface area contributed by atoms with Crippen LogP contribution in [0.1, 0.15) is 18.4 Å². The van der Waals surface area contributed by atoms with Crippen molar-refractivity contribution >= 4 is 10.0 Å². The molecule has 18 heavy (non-hydrogen) atoms. The van der Waals surface area contributed by atoms with E-state index in [1.807, 2.05) is 6.07 Å². The van der Waals surface area contributed by atoms with Crippen LogP contribution in [0.3, 0.4) is 0 Å². The van der Waals surface area contributed by atoms with Gasteiger partial charge in [0.1, 0.15) is 0 Å². The van der Waals surface area contributed by atoms with E-state index in [0.29, 0.717) is 12.6 Å². The van der Waals surface area contributed by atoms with Crippen molar-refractivity contribution in [3.05, 3.63) is 29.8 Å². The van der Waals surface area contributed by atoms with Gasteiger partial charge >= 0.3 is 0 Å². The van der Waals surface area contributed by atoms with E-state index in [-0.39, 0.29) is 4.90 Å². The van der Waals surface area contributed by atoms with Crippen LogP contribution in [0.4, 0.5) is 0 Å². The van der Waals surface area contributed by atoms with E-state index in [1.165, 1.54) is 6.07 Å². The molecule has 0 saturated carbocycles. The molecule has 0 atom stereocenters. The summed E-state index contributed by atoms with van der Waals surface area (Å²) in [6, 6.07) is 7.16. The molecule has 2 rings (SSSR count). The monoisotopic (exact) mass is 270 g/mol. The maximum atomic E-state index is 11.2. The van der Waals surface area contributed by atoms with Gasteiger partial charge in [-0.1, -0.05) is 12.1 Å². The highest BCUT2D eigenvalue weighted by Crippen LogP contribution is 2.11. The van der Waals surface area contributed by atoms with Gasteiger partial charge in [0.05, 0.1) is 4.90 Å². The molecular weight excluding hydrogens is 252 g/mol. The summed E-state index contributed by atoms with van der Waals surface area (Å²) in [5.41, 5.74) is 0.924. The Morgan fingerprint density at radius 1 is 1.33 bits per heavy atom. The third-order valence-electron chi connectivity index (χ3n) is 3.04. The van der Waals surface area contributed by atoms with Crippen LogP contribution in [0.2, 0.25) is 0 Å². The van der Waals surface area contributed by atoms with Crippen LogP contribution in [0.25, 0.3) is 0 Å². The highest BCUT2D eigenvalue weighted by atomic mass is 32.2. The quantitative estimate of drug-likeness (QED) is 0.839. The zero-order valence-corrected chi connectivity index (χ0v) is 10.9. The van der Waals surface area contributed by atoms with Gasteiger partial charge in [0, 0.05) is 25.8 Å². The molecule has 0 bridgehead atoms. The summed E-state index contributed by atoms with van der Waals surface area (Å²) < 4.78 is 27.7. The molecule has 1 aliphatic heterocycles. The Balaban J connectivity index is 1.97. The number of rotatable bonds is 4. The SMILES string of the molecule is NS(=O)(=O)c1cccc(CNC2CCOCC2)c1. The Hall–Kier alpha value is -0.950. The smallest absolute Gasteiger partial charge is 0.238 e. The first-order chi connectivity index (χ1) is 8.55. The van der Waals surface area contributed by atoms with Crippen molar-refractivity contribution in [3.63, 3.8) is 0 Å². The molecule has 0 spiro atoms. The molecule has 0 amide bonds. The van der Waals surface area contributed by atoms with E-state index in [9.17, 15) is 8.42 Å². The fourth-order valence-electron chi connectivity index (χ4n) is 2.00. The molecule has 1 heterocycles. The van der Waals surface area contributed by atoms with Gasteiger partial charge in [0.25, 0.3) is 0 Å². The first kappa shape index (κ1) is 13.5. The van der Waals surface area contributed by atoms with Crippen LogP contribution < -0.4 is 10.5 Å². The second-order valence-corrected chi connectivity index (χ2v) is 6.02. The van der Waals surface area contributed by atoms with Gasteiger partial charge in [-0.15, -0.1) is 0 Å². The average Bonchev–Trinajstić information content (AvgIpc) is 2.37. The molecule has 1 fully saturated rings. The van der Waals surface area contributed by atoms with Crippen molar-refractivity contribution in [3.8, 4) is 0 Å². The van der Waals surface area contributed by atoms with Gasteiger partial charge in [0.2, 0.25) is 10.0 Å². The lowest BCUT2D eigenvalue weighted by molar-refractivity contribution is 0.0776. The molecule has 0 radical (unpaired) electrons. The third kappa shape index (κ3) is 3.78. The molecule has 1 aromatic rings. The summed E-state index contributed by atoms with van der Waals surface area (Å²) in [5.74, 6) is 0. The second-order valence-electron chi connectivity index (χ2n) is 4.46. The fraction of sp³-hybridized carbons (Fsp3) is 0.500. The number of ether oxygens (including phenoxy) is 1. The molecule has 100 valence electrons. The Morgan fingerprint density at radius 2 is 2.06 bits per heavy atom. The Kier molecular flexibility index (Phi) is 4.34. The summed E-state index contributed by atoms with van der Waals surface area (Å²) in [6.45, 7) is 2.22. The molecule has 1 aromatic carbocycles. The van der Waals surface area contributed by atoms with Crippen LogP contribution in [0.15, 0.2) is 29.2 Å². The van der Waals surface area contributed by atoms with E-state index in [1.54, 1.807) is 12.1 Å². The van der Waals surface area contributed by atoms with Crippen LogP contribution in [-0.4, -0.2) is 27.7 Å². The minimum atomic E-state index is -3.62. The zero-order chi connectivity index (χ0) is 13.0. The lowest BCUT2D eigenvalue weighted by atomic mass is 10.1. The summed E-state index contributed by atoms with van der Waals surface area (Å²) in [6.07, 6.45) is 1.99. The predicted octanol–water partition coefficient (Wildman–Crippen LogP) is 0.603. The number of primary sulfonamides is 1. The number of nitrogens with two attached hydrogens (primary N) is 1. The molecule has 3 N–H and O–H groups in total. The van der Waals surface area contributed by atoms with E-state index < -0.39 is 10.0 Å². The summed E-state index contributed by atoms with van der Waals surface area (Å²) >= 11 is 0.